The van der Waals surface area contributed by atoms with E-state index >= 15 is 0 Å². The van der Waals surface area contributed by atoms with E-state index in [0.717, 1.165) is 47.9 Å². The zero-order valence-corrected chi connectivity index (χ0v) is 22.8. The molecule has 2 N–H and O–H groups in total. The number of alkyl carbamates (subject to hydrolysis) is 1. The second kappa shape index (κ2) is 12.5. The number of carbonyl (C=O) groups excluding carboxylic acids is 2. The lowest BCUT2D eigenvalue weighted by molar-refractivity contribution is -0.139. The van der Waals surface area contributed by atoms with Gasteiger partial charge in [0.05, 0.1) is 7.11 Å². The molecule has 0 aliphatic heterocycles. The third kappa shape index (κ3) is 5.94. The van der Waals surface area contributed by atoms with E-state index < -0.39 is 18.1 Å². The maximum Gasteiger partial charge on any atom is 0.409 e. The molecule has 3 aliphatic carbocycles. The fourth-order valence-electron chi connectivity index (χ4n) is 6.46. The van der Waals surface area contributed by atoms with E-state index in [4.69, 9.17) is 9.47 Å². The number of carbonyl (C=O) groups is 3. The molecule has 5 rings (SSSR count). The number of amides is 2. The fourth-order valence-corrected chi connectivity index (χ4v) is 6.46. The van der Waals surface area contributed by atoms with Crippen LogP contribution in [0.3, 0.4) is 0 Å². The number of aliphatic carboxylic acids is 1. The lowest BCUT2D eigenvalue weighted by atomic mass is 9.98. The highest BCUT2D eigenvalue weighted by Gasteiger charge is 2.53. The minimum Gasteiger partial charge on any atom is -0.480 e. The van der Waals surface area contributed by atoms with Gasteiger partial charge in [0.25, 0.3) is 0 Å². The average molecular weight is 545 g/mol. The summed E-state index contributed by atoms with van der Waals surface area (Å²) in [6.07, 6.45) is 3.97. The first-order valence-electron chi connectivity index (χ1n) is 14.1. The number of nitrogens with one attached hydrogen (secondary N) is 1. The number of rotatable bonds is 10. The first-order valence-corrected chi connectivity index (χ1v) is 14.1. The molecular weight excluding hydrogens is 508 g/mol. The minimum absolute atomic E-state index is 0.1000. The second-order valence-corrected chi connectivity index (χ2v) is 10.8. The molecule has 2 amide bonds. The van der Waals surface area contributed by atoms with Crippen molar-refractivity contribution in [1.29, 1.82) is 0 Å². The van der Waals surface area contributed by atoms with Gasteiger partial charge in [-0.25, -0.2) is 14.4 Å². The molecule has 0 heterocycles. The number of carboxylic acids is 1. The van der Waals surface area contributed by atoms with Gasteiger partial charge >= 0.3 is 18.2 Å². The highest BCUT2D eigenvalue weighted by atomic mass is 16.6. The zero-order chi connectivity index (χ0) is 28.1. The van der Waals surface area contributed by atoms with Gasteiger partial charge in [-0.2, -0.15) is 0 Å². The minimum atomic E-state index is -1.11. The number of hydrogen-bond acceptors (Lipinski definition) is 5. The summed E-state index contributed by atoms with van der Waals surface area (Å²) < 4.78 is 10.6. The Labute approximate surface area is 235 Å². The Balaban J connectivity index is 1.11. The van der Waals surface area contributed by atoms with Crippen LogP contribution in [0.4, 0.5) is 9.59 Å². The van der Waals surface area contributed by atoms with E-state index in [2.05, 4.69) is 29.3 Å². The number of methoxy groups -OCH3 is 1. The Morgan fingerprint density at radius 2 is 1.57 bits per heavy atom. The van der Waals surface area contributed by atoms with Gasteiger partial charge in [-0.1, -0.05) is 48.5 Å². The van der Waals surface area contributed by atoms with Gasteiger partial charge in [0.15, 0.2) is 0 Å². The van der Waals surface area contributed by atoms with Crippen molar-refractivity contribution in [2.24, 2.45) is 11.8 Å². The number of ether oxygens (including phenoxy) is 2. The Morgan fingerprint density at radius 3 is 2.15 bits per heavy atom. The van der Waals surface area contributed by atoms with Crippen molar-refractivity contribution in [3.05, 3.63) is 59.7 Å². The van der Waals surface area contributed by atoms with E-state index in [0.29, 0.717) is 31.2 Å². The summed E-state index contributed by atoms with van der Waals surface area (Å²) >= 11 is 0. The third-order valence-corrected chi connectivity index (χ3v) is 8.46. The van der Waals surface area contributed by atoms with Gasteiger partial charge < -0.3 is 24.8 Å². The first kappa shape index (κ1) is 27.6. The van der Waals surface area contributed by atoms with Gasteiger partial charge in [-0.05, 0) is 66.2 Å². The molecular formula is C32H36N2O6. The number of carboxylic acid groups (broad SMARTS) is 1. The normalized spacial score (nSPS) is 21.2. The summed E-state index contributed by atoms with van der Waals surface area (Å²) in [5, 5.41) is 12.2. The summed E-state index contributed by atoms with van der Waals surface area (Å²) in [7, 11) is 1.39. The van der Waals surface area contributed by atoms with Crippen LogP contribution in [0.15, 0.2) is 48.5 Å². The van der Waals surface area contributed by atoms with Crippen molar-refractivity contribution < 1.29 is 29.0 Å². The number of hydrogen-bond donors (Lipinski definition) is 2. The maximum absolute atomic E-state index is 12.6. The molecule has 0 saturated heterocycles. The van der Waals surface area contributed by atoms with Gasteiger partial charge in [0, 0.05) is 31.3 Å². The first-order chi connectivity index (χ1) is 19.5. The van der Waals surface area contributed by atoms with Crippen LogP contribution in [0.25, 0.3) is 11.1 Å². The Kier molecular flexibility index (Phi) is 8.59. The topological polar surface area (TPSA) is 105 Å². The van der Waals surface area contributed by atoms with Crippen LogP contribution in [-0.2, 0) is 14.3 Å². The highest BCUT2D eigenvalue weighted by molar-refractivity contribution is 5.81. The van der Waals surface area contributed by atoms with Crippen LogP contribution in [0, 0.1) is 23.7 Å². The van der Waals surface area contributed by atoms with Crippen molar-refractivity contribution in [2.75, 3.05) is 20.3 Å². The smallest absolute Gasteiger partial charge is 0.409 e. The molecule has 0 radical (unpaired) electrons. The third-order valence-electron chi connectivity index (χ3n) is 8.46. The zero-order valence-electron chi connectivity index (χ0n) is 22.8. The number of benzene rings is 2. The highest BCUT2D eigenvalue weighted by Crippen LogP contribution is 2.50. The summed E-state index contributed by atoms with van der Waals surface area (Å²) in [5.41, 5.74) is 4.44. The molecule has 3 aliphatic rings. The largest absolute Gasteiger partial charge is 0.480 e. The van der Waals surface area contributed by atoms with Crippen LogP contribution in [-0.4, -0.2) is 60.5 Å². The van der Waals surface area contributed by atoms with E-state index in [1.54, 1.807) is 4.90 Å². The quantitative estimate of drug-likeness (QED) is 0.306. The van der Waals surface area contributed by atoms with Gasteiger partial charge in [-0.15, -0.1) is 11.8 Å². The SMILES string of the molecule is COC(=O)N(CCCC[C@H](NC(=O)OCC1c2ccccc2-c2ccccc21)C(=O)O)C1[C@H]2CCC#CCC[C@@H]12. The van der Waals surface area contributed by atoms with E-state index in [1.165, 1.54) is 7.11 Å². The molecule has 0 spiro atoms. The summed E-state index contributed by atoms with van der Waals surface area (Å²) in [5.74, 6) is 6.07. The molecule has 8 heteroatoms. The standard InChI is InChI=1S/C32H36N2O6/c1-39-32(38)34(29-25-16-4-2-3-5-17-26(25)29)19-11-10-18-28(30(35)36)33-31(37)40-20-27-23-14-8-6-12-21(23)22-13-7-9-15-24(22)27/h6-9,12-15,25-29H,4-5,10-11,16-20H2,1H3,(H,33,37)(H,35,36)/t25-,26+,28-,29?/m0/s1. The van der Waals surface area contributed by atoms with Crippen molar-refractivity contribution in [2.45, 2.75) is 62.9 Å². The van der Waals surface area contributed by atoms with Gasteiger partial charge in [-0.3, -0.25) is 0 Å². The molecule has 0 aromatic heterocycles. The van der Waals surface area contributed by atoms with Crippen LogP contribution in [0.1, 0.15) is 62.0 Å². The molecule has 0 bridgehead atoms. The Bertz CT molecular complexity index is 1250. The van der Waals surface area contributed by atoms with Crippen LogP contribution >= 0.6 is 0 Å². The maximum atomic E-state index is 12.6. The van der Waals surface area contributed by atoms with E-state index in [-0.39, 0.29) is 31.1 Å². The van der Waals surface area contributed by atoms with Crippen molar-refractivity contribution in [1.82, 2.24) is 10.2 Å². The number of unbranched alkanes of at least 4 members (excludes halogenated alkanes) is 1. The molecule has 8 nitrogen and oxygen atoms in total. The Morgan fingerprint density at radius 1 is 0.975 bits per heavy atom. The molecule has 4 atom stereocenters. The summed E-state index contributed by atoms with van der Waals surface area (Å²) in [4.78, 5) is 38.9. The predicted molar refractivity (Wildman–Crippen MR) is 150 cm³/mol. The van der Waals surface area contributed by atoms with Crippen LogP contribution < -0.4 is 5.32 Å². The molecule has 1 saturated carbocycles. The molecule has 40 heavy (non-hydrogen) atoms. The Hall–Kier alpha value is -3.99. The fraction of sp³-hybridized carbons (Fsp3) is 0.469. The summed E-state index contributed by atoms with van der Waals surface area (Å²) in [6, 6.07) is 15.2. The van der Waals surface area contributed by atoms with Crippen LogP contribution in [0.2, 0.25) is 0 Å². The predicted octanol–water partition coefficient (Wildman–Crippen LogP) is 5.41. The molecule has 1 fully saturated rings. The van der Waals surface area contributed by atoms with Crippen molar-refractivity contribution >= 4 is 18.2 Å². The average Bonchev–Trinajstić information content (AvgIpc) is 3.50. The lowest BCUT2D eigenvalue weighted by Gasteiger charge is -2.23. The van der Waals surface area contributed by atoms with E-state index in [9.17, 15) is 19.5 Å². The summed E-state index contributed by atoms with van der Waals surface area (Å²) in [6.45, 7) is 0.609. The number of fused-ring (bicyclic) bond motifs is 4. The van der Waals surface area contributed by atoms with Crippen molar-refractivity contribution in [3.63, 3.8) is 0 Å². The van der Waals surface area contributed by atoms with Gasteiger partial charge in [0.1, 0.15) is 12.6 Å². The number of nitrogens with zero attached hydrogens (tertiary/aromatic N) is 1. The van der Waals surface area contributed by atoms with Crippen LogP contribution in [0.5, 0.6) is 0 Å². The molecule has 1 unspecified atom stereocenters. The lowest BCUT2D eigenvalue weighted by Crippen LogP contribution is -2.41. The van der Waals surface area contributed by atoms with E-state index in [1.807, 2.05) is 36.4 Å². The van der Waals surface area contributed by atoms with Gasteiger partial charge in [0.2, 0.25) is 0 Å². The molecule has 2 aromatic rings. The second-order valence-electron chi connectivity index (χ2n) is 10.8. The molecule has 210 valence electrons. The monoisotopic (exact) mass is 544 g/mol. The van der Waals surface area contributed by atoms with Crippen molar-refractivity contribution in [3.8, 4) is 23.0 Å². The molecule has 2 aromatic carbocycles.